The monoisotopic (exact) mass is 172 g/mol. The maximum Gasteiger partial charge on any atom is 0.330 e. The van der Waals surface area contributed by atoms with E-state index in [2.05, 4.69) is 11.8 Å². The smallest absolute Gasteiger partial charge is 0.324 e. The highest BCUT2D eigenvalue weighted by molar-refractivity contribution is 7.52. The van der Waals surface area contributed by atoms with Gasteiger partial charge in [0, 0.05) is 12.8 Å². The second-order valence-electron chi connectivity index (χ2n) is 2.06. The van der Waals surface area contributed by atoms with Gasteiger partial charge in [0.2, 0.25) is 0 Å². The minimum Gasteiger partial charge on any atom is -0.324 e. The zero-order chi connectivity index (χ0) is 8.91. The second kappa shape index (κ2) is 4.21. The summed E-state index contributed by atoms with van der Waals surface area (Å²) in [5.41, 5.74) is -0.877. The van der Waals surface area contributed by atoms with Crippen LogP contribution in [-0.2, 0) is 4.57 Å². The Kier molecular flexibility index (Phi) is 3.93. The van der Waals surface area contributed by atoms with Gasteiger partial charge in [-0.3, -0.25) is 4.57 Å². The van der Waals surface area contributed by atoms with Gasteiger partial charge in [0.25, 0.3) is 0 Å². The molecule has 0 heterocycles. The normalized spacial score (nSPS) is 10.6. The number of hydrogen-bond donors (Lipinski definition) is 2. The van der Waals surface area contributed by atoms with Crippen LogP contribution in [0.5, 0.6) is 0 Å². The Morgan fingerprint density at radius 2 is 1.64 bits per heavy atom. The average molecular weight is 172 g/mol. The number of rotatable bonds is 3. The Morgan fingerprint density at radius 3 is 1.82 bits per heavy atom. The van der Waals surface area contributed by atoms with E-state index in [0.717, 1.165) is 0 Å². The van der Waals surface area contributed by atoms with Crippen molar-refractivity contribution in [3.05, 3.63) is 0 Å². The summed E-state index contributed by atoms with van der Waals surface area (Å²) in [7, 11) is -4.09. The lowest BCUT2D eigenvalue weighted by Crippen LogP contribution is -2.05. The van der Waals surface area contributed by atoms with Crippen LogP contribution in [0.3, 0.4) is 0 Å². The standard InChI is InChI=1S/C7H9O3P/c1-3-5-7(6-4-2)11(8,9)10/h1-2,7H,5-6H2,(H2,8,9,10). The molecule has 60 valence electrons. The van der Waals surface area contributed by atoms with Crippen molar-refractivity contribution >= 4 is 7.60 Å². The van der Waals surface area contributed by atoms with Crippen LogP contribution in [0.2, 0.25) is 0 Å². The van der Waals surface area contributed by atoms with Crippen LogP contribution in [0.4, 0.5) is 0 Å². The first-order valence-electron chi connectivity index (χ1n) is 2.94. The molecule has 0 saturated heterocycles. The van der Waals surface area contributed by atoms with Gasteiger partial charge in [-0.05, 0) is 0 Å². The quantitative estimate of drug-likeness (QED) is 0.483. The zero-order valence-corrected chi connectivity index (χ0v) is 6.79. The third-order valence-corrected chi connectivity index (χ3v) is 2.50. The van der Waals surface area contributed by atoms with Crippen LogP contribution < -0.4 is 0 Å². The topological polar surface area (TPSA) is 57.5 Å². The molecule has 0 aliphatic heterocycles. The van der Waals surface area contributed by atoms with Crippen molar-refractivity contribution < 1.29 is 14.4 Å². The highest BCUT2D eigenvalue weighted by Crippen LogP contribution is 2.44. The molecule has 4 heteroatoms. The van der Waals surface area contributed by atoms with Gasteiger partial charge in [-0.2, -0.15) is 0 Å². The van der Waals surface area contributed by atoms with E-state index in [9.17, 15) is 4.57 Å². The van der Waals surface area contributed by atoms with Gasteiger partial charge in [-0.25, -0.2) is 0 Å². The summed E-state index contributed by atoms with van der Waals surface area (Å²) < 4.78 is 10.6. The Morgan fingerprint density at radius 1 is 1.27 bits per heavy atom. The summed E-state index contributed by atoms with van der Waals surface area (Å²) in [5.74, 6) is 4.34. The summed E-state index contributed by atoms with van der Waals surface area (Å²) >= 11 is 0. The van der Waals surface area contributed by atoms with E-state index in [0.29, 0.717) is 0 Å². The third kappa shape index (κ3) is 3.86. The fourth-order valence-corrected chi connectivity index (χ4v) is 1.27. The molecule has 0 bridgehead atoms. The Labute approximate surface area is 66.0 Å². The van der Waals surface area contributed by atoms with Crippen LogP contribution in [0.15, 0.2) is 0 Å². The molecule has 0 spiro atoms. The van der Waals surface area contributed by atoms with Crippen molar-refractivity contribution in [2.24, 2.45) is 0 Å². The molecule has 0 rings (SSSR count). The molecule has 0 atom stereocenters. The molecule has 0 aromatic rings. The first kappa shape index (κ1) is 10.3. The van der Waals surface area contributed by atoms with Gasteiger partial charge >= 0.3 is 7.60 Å². The summed E-state index contributed by atoms with van der Waals surface area (Å²) in [5, 5.41) is 0. The molecule has 0 aromatic heterocycles. The molecular weight excluding hydrogens is 163 g/mol. The zero-order valence-electron chi connectivity index (χ0n) is 5.90. The van der Waals surface area contributed by atoms with E-state index in [4.69, 9.17) is 22.6 Å². The number of hydrogen-bond acceptors (Lipinski definition) is 1. The van der Waals surface area contributed by atoms with E-state index in [1.165, 1.54) is 0 Å². The summed E-state index contributed by atoms with van der Waals surface area (Å²) in [6.45, 7) is 0. The molecule has 0 aromatic carbocycles. The second-order valence-corrected chi connectivity index (χ2v) is 3.97. The van der Waals surface area contributed by atoms with Crippen molar-refractivity contribution in [2.45, 2.75) is 18.5 Å². The Balaban J connectivity index is 4.28. The van der Waals surface area contributed by atoms with Gasteiger partial charge in [0.05, 0.1) is 5.66 Å². The van der Waals surface area contributed by atoms with Crippen molar-refractivity contribution in [1.82, 2.24) is 0 Å². The summed E-state index contributed by atoms with van der Waals surface area (Å²) in [4.78, 5) is 17.3. The lowest BCUT2D eigenvalue weighted by Gasteiger charge is -2.11. The molecule has 0 radical (unpaired) electrons. The van der Waals surface area contributed by atoms with Crippen LogP contribution in [0.25, 0.3) is 0 Å². The van der Waals surface area contributed by atoms with Gasteiger partial charge in [0.15, 0.2) is 0 Å². The molecule has 0 amide bonds. The van der Waals surface area contributed by atoms with Crippen molar-refractivity contribution in [2.75, 3.05) is 0 Å². The molecule has 0 aliphatic rings. The van der Waals surface area contributed by atoms with Crippen LogP contribution in [0.1, 0.15) is 12.8 Å². The van der Waals surface area contributed by atoms with Gasteiger partial charge in [-0.15, -0.1) is 24.7 Å². The van der Waals surface area contributed by atoms with Gasteiger partial charge in [0.1, 0.15) is 0 Å². The van der Waals surface area contributed by atoms with Crippen molar-refractivity contribution in [1.29, 1.82) is 0 Å². The number of terminal acetylenes is 2. The lowest BCUT2D eigenvalue weighted by atomic mass is 10.2. The fourth-order valence-electron chi connectivity index (χ4n) is 0.582. The summed E-state index contributed by atoms with van der Waals surface area (Å²) in [6, 6.07) is 0. The SMILES string of the molecule is C#CCC(CC#C)P(=O)(O)O. The van der Waals surface area contributed by atoms with E-state index < -0.39 is 13.3 Å². The first-order valence-corrected chi connectivity index (χ1v) is 4.62. The third-order valence-electron chi connectivity index (χ3n) is 1.18. The molecule has 0 fully saturated rings. The molecule has 2 N–H and O–H groups in total. The highest BCUT2D eigenvalue weighted by Gasteiger charge is 2.26. The largest absolute Gasteiger partial charge is 0.330 e. The molecule has 11 heavy (non-hydrogen) atoms. The predicted octanol–water partition coefficient (Wildman–Crippen LogP) is 0.579. The van der Waals surface area contributed by atoms with Crippen molar-refractivity contribution in [3.8, 4) is 24.7 Å². The minimum atomic E-state index is -4.09. The first-order chi connectivity index (χ1) is 5.02. The van der Waals surface area contributed by atoms with Crippen LogP contribution in [-0.4, -0.2) is 15.4 Å². The average Bonchev–Trinajstić information content (AvgIpc) is 1.85. The minimum absolute atomic E-state index is 0.0223. The van der Waals surface area contributed by atoms with E-state index in [1.54, 1.807) is 0 Å². The maximum atomic E-state index is 10.6. The Hall–Kier alpha value is -0.730. The maximum absolute atomic E-state index is 10.6. The van der Waals surface area contributed by atoms with Gasteiger partial charge in [-0.1, -0.05) is 0 Å². The van der Waals surface area contributed by atoms with E-state index in [1.807, 2.05) is 0 Å². The fraction of sp³-hybridized carbons (Fsp3) is 0.429. The predicted molar refractivity (Wildman–Crippen MR) is 42.7 cm³/mol. The van der Waals surface area contributed by atoms with Gasteiger partial charge < -0.3 is 9.79 Å². The molecule has 0 aliphatic carbocycles. The lowest BCUT2D eigenvalue weighted by molar-refractivity contribution is 0.358. The molecule has 0 unspecified atom stereocenters. The highest BCUT2D eigenvalue weighted by atomic mass is 31.2. The molecule has 0 saturated carbocycles. The molecular formula is C7H9O3P. The Bertz CT molecular complexity index is 223. The van der Waals surface area contributed by atoms with Crippen molar-refractivity contribution in [3.63, 3.8) is 0 Å². The van der Waals surface area contributed by atoms with Crippen LogP contribution in [0, 0.1) is 24.7 Å². The van der Waals surface area contributed by atoms with E-state index in [-0.39, 0.29) is 12.8 Å². The summed E-state index contributed by atoms with van der Waals surface area (Å²) in [6.07, 6.45) is 9.83. The van der Waals surface area contributed by atoms with E-state index >= 15 is 0 Å². The molecule has 3 nitrogen and oxygen atoms in total. The van der Waals surface area contributed by atoms with Crippen LogP contribution >= 0.6 is 7.60 Å².